The van der Waals surface area contributed by atoms with E-state index >= 15 is 0 Å². The highest BCUT2D eigenvalue weighted by Gasteiger charge is 2.18. The van der Waals surface area contributed by atoms with Crippen LogP contribution in [0.5, 0.6) is 0 Å². The van der Waals surface area contributed by atoms with Crippen LogP contribution in [0.1, 0.15) is 361 Å². The van der Waals surface area contributed by atoms with Gasteiger partial charge in [-0.2, -0.15) is 0 Å². The number of unbranched alkanes of at least 4 members (excludes halogenated alkanes) is 45. The first-order valence-electron chi connectivity index (χ1n) is 34.8. The largest absolute Gasteiger partial charge is 0.394 e. The molecule has 1 amide bonds. The van der Waals surface area contributed by atoms with Crippen molar-refractivity contribution in [3.63, 3.8) is 0 Å². The summed E-state index contributed by atoms with van der Waals surface area (Å²) in [5.74, 6) is -0.0624. The van der Waals surface area contributed by atoms with E-state index in [0.29, 0.717) is 6.42 Å². The number of aliphatic hydroxyl groups is 2. The molecule has 0 heterocycles. The fourth-order valence-electron chi connectivity index (χ4n) is 10.7. The number of rotatable bonds is 64. The molecule has 0 bridgehead atoms. The molecule has 3 N–H and O–H groups in total. The zero-order chi connectivity index (χ0) is 56.2. The zero-order valence-electron chi connectivity index (χ0n) is 52.4. The first kappa shape index (κ1) is 75.6. The van der Waals surface area contributed by atoms with Crippen molar-refractivity contribution in [3.8, 4) is 0 Å². The molecule has 4 nitrogen and oxygen atoms in total. The molecular formula is C74H135NO3. The third-order valence-electron chi connectivity index (χ3n) is 15.9. The van der Waals surface area contributed by atoms with Crippen LogP contribution in [-0.2, 0) is 4.79 Å². The fraction of sp³-hybridized carbons (Fsp3) is 0.797. The second kappa shape index (κ2) is 68.8. The number of amides is 1. The Labute approximate surface area is 488 Å². The smallest absolute Gasteiger partial charge is 0.220 e. The maximum Gasteiger partial charge on any atom is 0.220 e. The van der Waals surface area contributed by atoms with E-state index in [9.17, 15) is 15.0 Å². The van der Waals surface area contributed by atoms with Crippen molar-refractivity contribution in [2.75, 3.05) is 6.61 Å². The second-order valence-corrected chi connectivity index (χ2v) is 23.6. The lowest BCUT2D eigenvalue weighted by atomic mass is 10.0. The van der Waals surface area contributed by atoms with Gasteiger partial charge in [-0.05, 0) is 70.6 Å². The van der Waals surface area contributed by atoms with E-state index in [1.165, 1.54) is 276 Å². The molecule has 0 aromatic rings. The number of carbonyl (C=O) groups is 1. The van der Waals surface area contributed by atoms with Gasteiger partial charge in [0.25, 0.3) is 0 Å². The third-order valence-corrected chi connectivity index (χ3v) is 15.9. The van der Waals surface area contributed by atoms with Crippen LogP contribution in [0, 0.1) is 0 Å². The van der Waals surface area contributed by atoms with Crippen molar-refractivity contribution in [2.24, 2.45) is 0 Å². The Balaban J connectivity index is 3.47. The van der Waals surface area contributed by atoms with Crippen molar-refractivity contribution >= 4 is 5.91 Å². The van der Waals surface area contributed by atoms with Crippen LogP contribution >= 0.6 is 0 Å². The van der Waals surface area contributed by atoms with Crippen LogP contribution in [0.2, 0.25) is 0 Å². The molecule has 0 spiro atoms. The normalized spacial score (nSPS) is 13.2. The van der Waals surface area contributed by atoms with Gasteiger partial charge >= 0.3 is 0 Å². The topological polar surface area (TPSA) is 69.6 Å². The van der Waals surface area contributed by atoms with Crippen LogP contribution in [0.25, 0.3) is 0 Å². The summed E-state index contributed by atoms with van der Waals surface area (Å²) >= 11 is 0. The minimum absolute atomic E-state index is 0.0624. The summed E-state index contributed by atoms with van der Waals surface area (Å²) in [6, 6.07) is -0.629. The highest BCUT2D eigenvalue weighted by molar-refractivity contribution is 5.76. The number of carbonyl (C=O) groups excluding carboxylic acids is 1. The summed E-state index contributed by atoms with van der Waals surface area (Å²) in [4.78, 5) is 12.5. The molecule has 78 heavy (non-hydrogen) atoms. The summed E-state index contributed by atoms with van der Waals surface area (Å²) in [7, 11) is 0. The van der Waals surface area contributed by atoms with Gasteiger partial charge in [0.1, 0.15) is 0 Å². The van der Waals surface area contributed by atoms with Crippen LogP contribution in [0.4, 0.5) is 0 Å². The van der Waals surface area contributed by atoms with Crippen molar-refractivity contribution in [1.29, 1.82) is 0 Å². The Kier molecular flexibility index (Phi) is 66.7. The molecular weight excluding hydrogens is 951 g/mol. The van der Waals surface area contributed by atoms with Gasteiger partial charge in [-0.15, -0.1) is 0 Å². The molecule has 2 atom stereocenters. The van der Waals surface area contributed by atoms with Crippen LogP contribution < -0.4 is 5.32 Å². The number of nitrogens with one attached hydrogen (secondary N) is 1. The molecule has 0 fully saturated rings. The van der Waals surface area contributed by atoms with Crippen molar-refractivity contribution in [3.05, 3.63) is 85.1 Å². The number of allylic oxidation sites excluding steroid dienone is 13. The summed E-state index contributed by atoms with van der Waals surface area (Å²) in [6.07, 6.45) is 101. The van der Waals surface area contributed by atoms with Gasteiger partial charge in [-0.1, -0.05) is 369 Å². The summed E-state index contributed by atoms with van der Waals surface area (Å²) in [5.41, 5.74) is 0. The van der Waals surface area contributed by atoms with Gasteiger partial charge in [-0.25, -0.2) is 0 Å². The molecule has 0 aliphatic rings. The van der Waals surface area contributed by atoms with Gasteiger partial charge in [-0.3, -0.25) is 4.79 Å². The summed E-state index contributed by atoms with van der Waals surface area (Å²) < 4.78 is 0. The summed E-state index contributed by atoms with van der Waals surface area (Å²) in [6.45, 7) is 4.23. The molecule has 0 rings (SSSR count). The molecule has 0 aliphatic heterocycles. The van der Waals surface area contributed by atoms with E-state index in [2.05, 4.69) is 92.1 Å². The van der Waals surface area contributed by atoms with Gasteiger partial charge in [0, 0.05) is 6.42 Å². The zero-order valence-corrected chi connectivity index (χ0v) is 52.4. The monoisotopic (exact) mass is 1090 g/mol. The first-order valence-corrected chi connectivity index (χ1v) is 34.8. The average molecular weight is 1090 g/mol. The molecule has 0 saturated heterocycles. The predicted octanol–water partition coefficient (Wildman–Crippen LogP) is 23.8. The highest BCUT2D eigenvalue weighted by Crippen LogP contribution is 2.18. The van der Waals surface area contributed by atoms with E-state index in [1.54, 1.807) is 6.08 Å². The fourth-order valence-corrected chi connectivity index (χ4v) is 10.7. The van der Waals surface area contributed by atoms with Crippen LogP contribution in [-0.4, -0.2) is 34.9 Å². The average Bonchev–Trinajstić information content (AvgIpc) is 3.44. The van der Waals surface area contributed by atoms with Crippen molar-refractivity contribution in [1.82, 2.24) is 5.32 Å². The Bertz CT molecular complexity index is 1370. The minimum Gasteiger partial charge on any atom is -0.394 e. The lowest BCUT2D eigenvalue weighted by Gasteiger charge is -2.20. The van der Waals surface area contributed by atoms with Gasteiger partial charge in [0.05, 0.1) is 18.8 Å². The molecule has 0 aromatic carbocycles. The quantitative estimate of drug-likeness (QED) is 0.0420. The Morgan fingerprint density at radius 3 is 0.846 bits per heavy atom. The van der Waals surface area contributed by atoms with E-state index in [-0.39, 0.29) is 12.5 Å². The molecule has 0 aromatic heterocycles. The Hall–Kier alpha value is -2.43. The molecule has 0 radical (unpaired) electrons. The minimum atomic E-state index is -0.845. The van der Waals surface area contributed by atoms with E-state index in [1.807, 2.05) is 6.08 Å². The van der Waals surface area contributed by atoms with Gasteiger partial charge in [0.2, 0.25) is 5.91 Å². The maximum atomic E-state index is 12.5. The molecule has 454 valence electrons. The van der Waals surface area contributed by atoms with Crippen molar-refractivity contribution in [2.45, 2.75) is 373 Å². The van der Waals surface area contributed by atoms with Gasteiger partial charge < -0.3 is 15.5 Å². The molecule has 0 aliphatic carbocycles. The van der Waals surface area contributed by atoms with E-state index < -0.39 is 12.1 Å². The Morgan fingerprint density at radius 2 is 0.564 bits per heavy atom. The lowest BCUT2D eigenvalue weighted by Crippen LogP contribution is -2.45. The number of aliphatic hydroxyl groups excluding tert-OH is 2. The van der Waals surface area contributed by atoms with Crippen molar-refractivity contribution < 1.29 is 15.0 Å². The molecule has 0 saturated carbocycles. The van der Waals surface area contributed by atoms with E-state index in [4.69, 9.17) is 0 Å². The lowest BCUT2D eigenvalue weighted by molar-refractivity contribution is -0.123. The Morgan fingerprint density at radius 1 is 0.321 bits per heavy atom. The number of hydrogen-bond donors (Lipinski definition) is 3. The first-order chi connectivity index (χ1) is 38.7. The molecule has 4 heteroatoms. The highest BCUT2D eigenvalue weighted by atomic mass is 16.3. The second-order valence-electron chi connectivity index (χ2n) is 23.6. The van der Waals surface area contributed by atoms with Crippen LogP contribution in [0.15, 0.2) is 85.1 Å². The van der Waals surface area contributed by atoms with Gasteiger partial charge in [0.15, 0.2) is 0 Å². The van der Waals surface area contributed by atoms with Crippen LogP contribution in [0.3, 0.4) is 0 Å². The SMILES string of the molecule is CC/C=C\C/C=C\C/C=C\C/C=C\C/C=C\C/C=C\CCCCCCCCCCCCCCCCC(=O)NC(CO)C(O)/C=C/CCCCCCCCCCCCCCCCCCCCCCCCCCCCCCCCC. The maximum absolute atomic E-state index is 12.5. The number of hydrogen-bond acceptors (Lipinski definition) is 3. The standard InChI is InChI=1S/C74H135NO3/c1-3-5-7-9-11-13-15-17-19-21-23-25-27-29-31-33-35-37-39-41-43-45-47-49-51-53-55-57-59-61-63-65-67-69-73(77)72(71-76)75-74(78)70-68-66-64-62-60-58-56-54-52-50-48-46-44-42-40-38-36-34-32-30-28-26-24-22-20-18-16-14-12-10-8-6-4-2/h6,8,12,14,18,20,24,26,30,32,36,38,67,69,72-73,76-77H,3-5,7,9-11,13,15-17,19,21-23,25,27-29,31,33-35,37,39-66,68,70-71H2,1-2H3,(H,75,78)/b8-6-,14-12-,20-18-,26-24-,32-30-,38-36-,69-67+. The van der Waals surface area contributed by atoms with E-state index in [0.717, 1.165) is 64.2 Å². The summed E-state index contributed by atoms with van der Waals surface area (Å²) in [5, 5.41) is 23.3. The predicted molar refractivity (Wildman–Crippen MR) is 350 cm³/mol. The third kappa shape index (κ3) is 64.4. The molecule has 2 unspecified atom stereocenters.